The lowest BCUT2D eigenvalue weighted by Gasteiger charge is -2.15. The number of alkyl halides is 1. The summed E-state index contributed by atoms with van der Waals surface area (Å²) in [5.41, 5.74) is 0.780. The Morgan fingerprint density at radius 2 is 1.57 bits per heavy atom. The Balaban J connectivity index is 2.41. The lowest BCUT2D eigenvalue weighted by atomic mass is 10.0. The van der Waals surface area contributed by atoms with Gasteiger partial charge in [0, 0.05) is 0 Å². The molecule has 5 heteroatoms. The van der Waals surface area contributed by atoms with Crippen molar-refractivity contribution in [1.82, 2.24) is 0 Å². The smallest absolute Gasteiger partial charge is 0.192 e. The summed E-state index contributed by atoms with van der Waals surface area (Å²) in [4.78, 5) is 12.6. The van der Waals surface area contributed by atoms with Crippen molar-refractivity contribution in [3.05, 3.63) is 59.4 Å². The minimum Gasteiger partial charge on any atom is -0.496 e. The average Bonchev–Trinajstić information content (AvgIpc) is 2.53. The molecule has 0 saturated heterocycles. The largest absolute Gasteiger partial charge is 0.496 e. The normalized spacial score (nSPS) is 11.8. The third-order valence-corrected chi connectivity index (χ3v) is 3.52. The zero-order valence-electron chi connectivity index (χ0n) is 11.6. The maximum atomic E-state index is 12.9. The monoisotopic (exact) mass is 308 g/mol. The Morgan fingerprint density at radius 3 is 2.05 bits per heavy atom. The van der Waals surface area contributed by atoms with E-state index in [0.717, 1.165) is 0 Å². The molecule has 0 aliphatic carbocycles. The minimum atomic E-state index is -0.948. The molecule has 2 rings (SSSR count). The third kappa shape index (κ3) is 3.16. The number of Topliss-reactive ketones (excluding diaryl/α,β-unsaturated/α-hetero) is 1. The van der Waals surface area contributed by atoms with Crippen LogP contribution < -0.4 is 9.47 Å². The van der Waals surface area contributed by atoms with Crippen LogP contribution in [0, 0.1) is 5.82 Å². The van der Waals surface area contributed by atoms with Crippen LogP contribution in [0.2, 0.25) is 0 Å². The molecular weight excluding hydrogens is 295 g/mol. The standard InChI is InChI=1S/C16H14ClFO3/c1-20-12-4-3-5-13(21-2)14(12)16(19)15(17)10-6-8-11(18)9-7-10/h3-9,15H,1-2H3. The van der Waals surface area contributed by atoms with E-state index in [4.69, 9.17) is 21.1 Å². The highest BCUT2D eigenvalue weighted by Crippen LogP contribution is 2.35. The second kappa shape index (κ2) is 6.59. The van der Waals surface area contributed by atoms with Gasteiger partial charge in [-0.3, -0.25) is 4.79 Å². The third-order valence-electron chi connectivity index (χ3n) is 3.07. The molecule has 0 aromatic heterocycles. The van der Waals surface area contributed by atoms with Gasteiger partial charge in [-0.15, -0.1) is 11.6 Å². The molecule has 2 aromatic carbocycles. The second-order valence-corrected chi connectivity index (χ2v) is 4.75. The van der Waals surface area contributed by atoms with Crippen LogP contribution in [0.15, 0.2) is 42.5 Å². The molecule has 0 bridgehead atoms. The van der Waals surface area contributed by atoms with Gasteiger partial charge in [0.1, 0.15) is 28.3 Å². The number of ether oxygens (including phenoxy) is 2. The molecule has 0 spiro atoms. The van der Waals surface area contributed by atoms with Crippen LogP contribution in [0.5, 0.6) is 11.5 Å². The number of hydrogen-bond donors (Lipinski definition) is 0. The van der Waals surface area contributed by atoms with Crippen molar-refractivity contribution in [2.45, 2.75) is 5.38 Å². The van der Waals surface area contributed by atoms with Gasteiger partial charge in [0.05, 0.1) is 14.2 Å². The van der Waals surface area contributed by atoms with E-state index >= 15 is 0 Å². The molecule has 21 heavy (non-hydrogen) atoms. The number of rotatable bonds is 5. The van der Waals surface area contributed by atoms with Gasteiger partial charge in [0.25, 0.3) is 0 Å². The van der Waals surface area contributed by atoms with E-state index in [1.54, 1.807) is 18.2 Å². The summed E-state index contributed by atoms with van der Waals surface area (Å²) in [7, 11) is 2.93. The number of carbonyl (C=O) groups excluding carboxylic acids is 1. The topological polar surface area (TPSA) is 35.5 Å². The van der Waals surface area contributed by atoms with Crippen molar-refractivity contribution < 1.29 is 18.7 Å². The number of halogens is 2. The van der Waals surface area contributed by atoms with E-state index in [9.17, 15) is 9.18 Å². The van der Waals surface area contributed by atoms with E-state index < -0.39 is 5.38 Å². The lowest BCUT2D eigenvalue weighted by molar-refractivity contribution is 0.0981. The average molecular weight is 309 g/mol. The van der Waals surface area contributed by atoms with E-state index in [-0.39, 0.29) is 17.2 Å². The first-order valence-corrected chi connectivity index (χ1v) is 6.67. The zero-order valence-corrected chi connectivity index (χ0v) is 12.4. The van der Waals surface area contributed by atoms with Crippen LogP contribution in [0.25, 0.3) is 0 Å². The Bertz CT molecular complexity index is 618. The molecule has 0 heterocycles. The predicted octanol–water partition coefficient (Wildman–Crippen LogP) is 4.01. The molecule has 0 fully saturated rings. The van der Waals surface area contributed by atoms with Gasteiger partial charge >= 0.3 is 0 Å². The van der Waals surface area contributed by atoms with Gasteiger partial charge in [-0.1, -0.05) is 18.2 Å². The Labute approximate surface area is 127 Å². The predicted molar refractivity (Wildman–Crippen MR) is 78.9 cm³/mol. The first-order chi connectivity index (χ1) is 10.1. The van der Waals surface area contributed by atoms with Crippen molar-refractivity contribution in [1.29, 1.82) is 0 Å². The number of hydrogen-bond acceptors (Lipinski definition) is 3. The Morgan fingerprint density at radius 1 is 1.05 bits per heavy atom. The van der Waals surface area contributed by atoms with E-state index in [2.05, 4.69) is 0 Å². The van der Waals surface area contributed by atoms with Crippen LogP contribution in [-0.2, 0) is 0 Å². The van der Waals surface area contributed by atoms with Crippen molar-refractivity contribution in [3.63, 3.8) is 0 Å². The fourth-order valence-corrected chi connectivity index (χ4v) is 2.26. The highest BCUT2D eigenvalue weighted by Gasteiger charge is 2.26. The number of benzene rings is 2. The Kier molecular flexibility index (Phi) is 4.81. The quantitative estimate of drug-likeness (QED) is 0.618. The zero-order chi connectivity index (χ0) is 15.4. The molecule has 0 aliphatic rings. The molecule has 0 radical (unpaired) electrons. The molecule has 0 aliphatic heterocycles. The SMILES string of the molecule is COc1cccc(OC)c1C(=O)C(Cl)c1ccc(F)cc1. The number of carbonyl (C=O) groups is 1. The fraction of sp³-hybridized carbons (Fsp3) is 0.188. The van der Waals surface area contributed by atoms with Crippen LogP contribution in [0.1, 0.15) is 21.3 Å². The van der Waals surface area contributed by atoms with Crippen molar-refractivity contribution in [2.75, 3.05) is 14.2 Å². The van der Waals surface area contributed by atoms with Gasteiger partial charge in [0.15, 0.2) is 5.78 Å². The van der Waals surface area contributed by atoms with E-state index in [1.165, 1.54) is 38.5 Å². The second-order valence-electron chi connectivity index (χ2n) is 4.32. The maximum Gasteiger partial charge on any atom is 0.192 e. The van der Waals surface area contributed by atoms with Gasteiger partial charge in [0.2, 0.25) is 0 Å². The summed E-state index contributed by atoms with van der Waals surface area (Å²) in [6.07, 6.45) is 0. The molecule has 2 aromatic rings. The first kappa shape index (κ1) is 15.3. The molecule has 0 amide bonds. The first-order valence-electron chi connectivity index (χ1n) is 6.23. The summed E-state index contributed by atoms with van der Waals surface area (Å²) in [5, 5.41) is -0.948. The molecular formula is C16H14ClFO3. The maximum absolute atomic E-state index is 12.9. The molecule has 3 nitrogen and oxygen atoms in total. The van der Waals surface area contributed by atoms with Gasteiger partial charge in [-0.2, -0.15) is 0 Å². The number of methoxy groups -OCH3 is 2. The van der Waals surface area contributed by atoms with Crippen LogP contribution >= 0.6 is 11.6 Å². The van der Waals surface area contributed by atoms with E-state index in [1.807, 2.05) is 0 Å². The molecule has 1 atom stereocenters. The molecule has 1 unspecified atom stereocenters. The molecule has 110 valence electrons. The summed E-state index contributed by atoms with van der Waals surface area (Å²) < 4.78 is 23.3. The van der Waals surface area contributed by atoms with Crippen LogP contribution in [0.4, 0.5) is 4.39 Å². The summed E-state index contributed by atoms with van der Waals surface area (Å²) in [6, 6.07) is 10.5. The van der Waals surface area contributed by atoms with Crippen LogP contribution in [0.3, 0.4) is 0 Å². The van der Waals surface area contributed by atoms with Gasteiger partial charge in [-0.05, 0) is 29.8 Å². The highest BCUT2D eigenvalue weighted by atomic mass is 35.5. The lowest BCUT2D eigenvalue weighted by Crippen LogP contribution is -2.11. The highest BCUT2D eigenvalue weighted by molar-refractivity contribution is 6.34. The summed E-state index contributed by atoms with van der Waals surface area (Å²) in [6.45, 7) is 0. The van der Waals surface area contributed by atoms with Crippen LogP contribution in [-0.4, -0.2) is 20.0 Å². The van der Waals surface area contributed by atoms with Crippen molar-refractivity contribution >= 4 is 17.4 Å². The van der Waals surface area contributed by atoms with Gasteiger partial charge < -0.3 is 9.47 Å². The minimum absolute atomic E-state index is 0.270. The number of ketones is 1. The van der Waals surface area contributed by atoms with E-state index in [0.29, 0.717) is 17.1 Å². The van der Waals surface area contributed by atoms with Gasteiger partial charge in [-0.25, -0.2) is 4.39 Å². The van der Waals surface area contributed by atoms with Crippen molar-refractivity contribution in [2.24, 2.45) is 0 Å². The summed E-state index contributed by atoms with van der Waals surface area (Å²) in [5.74, 6) is 0.0155. The summed E-state index contributed by atoms with van der Waals surface area (Å²) >= 11 is 6.22. The molecule has 0 N–H and O–H groups in total. The Hall–Kier alpha value is -2.07. The fourth-order valence-electron chi connectivity index (χ4n) is 2.00. The molecule has 0 saturated carbocycles. The van der Waals surface area contributed by atoms with Crippen molar-refractivity contribution in [3.8, 4) is 11.5 Å².